The zero-order valence-corrected chi connectivity index (χ0v) is 13.6. The van der Waals surface area contributed by atoms with Crippen LogP contribution in [0, 0.1) is 6.92 Å². The number of benzene rings is 1. The number of aryl methyl sites for hydroxylation is 2. The Bertz CT molecular complexity index is 678. The van der Waals surface area contributed by atoms with E-state index in [4.69, 9.17) is 0 Å². The van der Waals surface area contributed by atoms with Gasteiger partial charge in [0.25, 0.3) is 0 Å². The third-order valence-corrected chi connectivity index (χ3v) is 4.63. The number of hydrogen-bond donors (Lipinski definition) is 1. The number of thiazole rings is 1. The molecule has 0 fully saturated rings. The van der Waals surface area contributed by atoms with Gasteiger partial charge >= 0.3 is 6.18 Å². The number of carbonyl (C=O) groups is 1. The monoisotopic (exact) mass is 342 g/mol. The summed E-state index contributed by atoms with van der Waals surface area (Å²) in [6.07, 6.45) is -3.46. The lowest BCUT2D eigenvalue weighted by Crippen LogP contribution is -2.24. The Hall–Kier alpha value is -1.89. The Morgan fingerprint density at radius 2 is 1.91 bits per heavy atom. The van der Waals surface area contributed by atoms with Gasteiger partial charge in [0.15, 0.2) is 0 Å². The molecule has 0 aliphatic carbocycles. The third kappa shape index (κ3) is 4.79. The lowest BCUT2D eigenvalue weighted by Gasteiger charge is -2.08. The molecule has 3 nitrogen and oxygen atoms in total. The molecule has 1 N–H and O–H groups in total. The molecule has 2 aromatic rings. The van der Waals surface area contributed by atoms with E-state index >= 15 is 0 Å². The minimum atomic E-state index is -4.36. The topological polar surface area (TPSA) is 42.0 Å². The van der Waals surface area contributed by atoms with Gasteiger partial charge in [-0.25, -0.2) is 4.98 Å². The fraction of sp³-hybridized carbons (Fsp3) is 0.375. The van der Waals surface area contributed by atoms with Gasteiger partial charge in [-0.3, -0.25) is 4.79 Å². The van der Waals surface area contributed by atoms with Crippen LogP contribution < -0.4 is 5.32 Å². The van der Waals surface area contributed by atoms with Crippen molar-refractivity contribution in [2.24, 2.45) is 0 Å². The number of amides is 1. The molecular formula is C16H17F3N2OS. The number of nitrogens with zero attached hydrogens (tertiary/aromatic N) is 1. The second-order valence-electron chi connectivity index (χ2n) is 5.12. The molecular weight excluding hydrogens is 325 g/mol. The molecule has 124 valence electrons. The zero-order valence-electron chi connectivity index (χ0n) is 12.8. The van der Waals surface area contributed by atoms with Gasteiger partial charge < -0.3 is 5.32 Å². The third-order valence-electron chi connectivity index (χ3n) is 3.33. The van der Waals surface area contributed by atoms with Crippen molar-refractivity contribution in [1.29, 1.82) is 0 Å². The Balaban J connectivity index is 1.90. The van der Waals surface area contributed by atoms with Crippen molar-refractivity contribution in [3.63, 3.8) is 0 Å². The maximum Gasteiger partial charge on any atom is 0.416 e. The van der Waals surface area contributed by atoms with Crippen LogP contribution in [0.25, 0.3) is 0 Å². The highest BCUT2D eigenvalue weighted by Crippen LogP contribution is 2.29. The van der Waals surface area contributed by atoms with E-state index in [2.05, 4.69) is 10.3 Å². The summed E-state index contributed by atoms with van der Waals surface area (Å²) >= 11 is 1.56. The van der Waals surface area contributed by atoms with E-state index in [0.717, 1.165) is 34.1 Å². The van der Waals surface area contributed by atoms with E-state index < -0.39 is 11.7 Å². The van der Waals surface area contributed by atoms with Crippen LogP contribution in [-0.2, 0) is 30.4 Å². The van der Waals surface area contributed by atoms with E-state index in [0.29, 0.717) is 12.1 Å². The number of nitrogens with one attached hydrogen (secondary N) is 1. The lowest BCUT2D eigenvalue weighted by atomic mass is 10.1. The lowest BCUT2D eigenvalue weighted by molar-refractivity contribution is -0.137. The number of hydrogen-bond acceptors (Lipinski definition) is 3. The molecule has 0 atom stereocenters. The molecule has 0 saturated carbocycles. The van der Waals surface area contributed by atoms with Crippen molar-refractivity contribution in [2.75, 3.05) is 0 Å². The summed E-state index contributed by atoms with van der Waals surface area (Å²) in [5.74, 6) is -0.226. The summed E-state index contributed by atoms with van der Waals surface area (Å²) in [4.78, 5) is 17.3. The van der Waals surface area contributed by atoms with Crippen molar-refractivity contribution >= 4 is 17.2 Å². The van der Waals surface area contributed by atoms with Crippen molar-refractivity contribution in [3.8, 4) is 0 Å². The van der Waals surface area contributed by atoms with Gasteiger partial charge in [-0.2, -0.15) is 13.2 Å². The average Bonchev–Trinajstić information content (AvgIpc) is 2.85. The fourth-order valence-electron chi connectivity index (χ4n) is 2.04. The normalized spacial score (nSPS) is 11.5. The minimum Gasteiger partial charge on any atom is -0.351 e. The van der Waals surface area contributed by atoms with Gasteiger partial charge in [-0.1, -0.05) is 19.1 Å². The predicted octanol–water partition coefficient (Wildman–Crippen LogP) is 3.89. The van der Waals surface area contributed by atoms with Crippen LogP contribution >= 0.6 is 11.3 Å². The molecule has 23 heavy (non-hydrogen) atoms. The standard InChI is InChI=1S/C16H17F3N2OS/c1-3-15-21-10(2)13(23-15)9-20-14(22)8-11-4-6-12(7-5-11)16(17,18)19/h4-7H,3,8-9H2,1-2H3,(H,20,22). The SMILES string of the molecule is CCc1nc(C)c(CNC(=O)Cc2ccc(C(F)(F)F)cc2)s1. The largest absolute Gasteiger partial charge is 0.416 e. The number of rotatable bonds is 5. The summed E-state index contributed by atoms with van der Waals surface area (Å²) in [5.41, 5.74) is 0.737. The van der Waals surface area contributed by atoms with Crippen LogP contribution in [0.4, 0.5) is 13.2 Å². The second kappa shape index (κ2) is 7.12. The van der Waals surface area contributed by atoms with Crippen molar-refractivity contribution in [1.82, 2.24) is 10.3 Å². The summed E-state index contributed by atoms with van der Waals surface area (Å²) in [6.45, 7) is 4.31. The number of carbonyl (C=O) groups excluding carboxylic acids is 1. The molecule has 1 heterocycles. The zero-order chi connectivity index (χ0) is 17.0. The van der Waals surface area contributed by atoms with Gasteiger partial charge in [-0.05, 0) is 31.0 Å². The Labute approximate surface area is 136 Å². The van der Waals surface area contributed by atoms with Crippen molar-refractivity contribution in [3.05, 3.63) is 51.0 Å². The van der Waals surface area contributed by atoms with Crippen LogP contribution in [0.2, 0.25) is 0 Å². The Morgan fingerprint density at radius 3 is 2.43 bits per heavy atom. The van der Waals surface area contributed by atoms with Crippen LogP contribution in [0.15, 0.2) is 24.3 Å². The molecule has 1 amide bonds. The molecule has 7 heteroatoms. The molecule has 0 saturated heterocycles. The average molecular weight is 342 g/mol. The van der Waals surface area contributed by atoms with Gasteiger partial charge in [0, 0.05) is 4.88 Å². The van der Waals surface area contributed by atoms with E-state index in [1.165, 1.54) is 12.1 Å². The van der Waals surface area contributed by atoms with Crippen molar-refractivity contribution in [2.45, 2.75) is 39.4 Å². The molecule has 0 aliphatic rings. The molecule has 2 rings (SSSR count). The molecule has 0 spiro atoms. The highest BCUT2D eigenvalue weighted by atomic mass is 32.1. The summed E-state index contributed by atoms with van der Waals surface area (Å²) < 4.78 is 37.4. The molecule has 1 aromatic carbocycles. The van der Waals surface area contributed by atoms with E-state index in [1.807, 2.05) is 13.8 Å². The van der Waals surface area contributed by atoms with E-state index in [-0.39, 0.29) is 12.3 Å². The van der Waals surface area contributed by atoms with E-state index in [1.54, 1.807) is 11.3 Å². The molecule has 0 radical (unpaired) electrons. The maximum absolute atomic E-state index is 12.5. The summed E-state index contributed by atoms with van der Waals surface area (Å²) in [7, 11) is 0. The maximum atomic E-state index is 12.5. The predicted molar refractivity (Wildman–Crippen MR) is 83.2 cm³/mol. The number of alkyl halides is 3. The van der Waals surface area contributed by atoms with Gasteiger partial charge in [-0.15, -0.1) is 11.3 Å². The van der Waals surface area contributed by atoms with Crippen LogP contribution in [0.3, 0.4) is 0 Å². The van der Waals surface area contributed by atoms with Gasteiger partial charge in [0.05, 0.1) is 29.2 Å². The van der Waals surface area contributed by atoms with Crippen LogP contribution in [-0.4, -0.2) is 10.9 Å². The number of halogens is 3. The quantitative estimate of drug-likeness (QED) is 0.896. The number of aromatic nitrogens is 1. The van der Waals surface area contributed by atoms with E-state index in [9.17, 15) is 18.0 Å². The Morgan fingerprint density at radius 1 is 1.26 bits per heavy atom. The first-order valence-corrected chi connectivity index (χ1v) is 7.99. The van der Waals surface area contributed by atoms with Crippen LogP contribution in [0.5, 0.6) is 0 Å². The summed E-state index contributed by atoms with van der Waals surface area (Å²) in [6, 6.07) is 4.64. The van der Waals surface area contributed by atoms with Gasteiger partial charge in [0.2, 0.25) is 5.91 Å². The first kappa shape index (κ1) is 17.5. The second-order valence-corrected chi connectivity index (χ2v) is 6.29. The minimum absolute atomic E-state index is 0.0522. The highest BCUT2D eigenvalue weighted by Gasteiger charge is 2.29. The molecule has 0 aliphatic heterocycles. The Kier molecular flexibility index (Phi) is 5.41. The van der Waals surface area contributed by atoms with Gasteiger partial charge in [0.1, 0.15) is 0 Å². The summed E-state index contributed by atoms with van der Waals surface area (Å²) in [5, 5.41) is 3.80. The molecule has 0 unspecified atom stereocenters. The van der Waals surface area contributed by atoms with Crippen molar-refractivity contribution < 1.29 is 18.0 Å². The smallest absolute Gasteiger partial charge is 0.351 e. The first-order chi connectivity index (χ1) is 10.8. The molecule has 0 bridgehead atoms. The fourth-order valence-corrected chi connectivity index (χ4v) is 2.99. The molecule has 1 aromatic heterocycles. The first-order valence-electron chi connectivity index (χ1n) is 7.17. The van der Waals surface area contributed by atoms with Crippen LogP contribution in [0.1, 0.15) is 33.6 Å². The highest BCUT2D eigenvalue weighted by molar-refractivity contribution is 7.11.